The smallest absolute Gasteiger partial charge is 0.410 e. The fourth-order valence-electron chi connectivity index (χ4n) is 2.37. The zero-order valence-electron chi connectivity index (χ0n) is 12.7. The normalized spacial score (nSPS) is 17.4. The van der Waals surface area contributed by atoms with Gasteiger partial charge in [-0.25, -0.2) is 4.79 Å². The van der Waals surface area contributed by atoms with Crippen LogP contribution in [0.1, 0.15) is 59.8 Å². The van der Waals surface area contributed by atoms with E-state index in [2.05, 4.69) is 0 Å². The molecule has 4 heteroatoms. The van der Waals surface area contributed by atoms with Crippen molar-refractivity contribution in [3.05, 3.63) is 0 Å². The number of likely N-dealkylation sites (tertiary alicyclic amines) is 1. The first-order valence-electron chi connectivity index (χ1n) is 7.25. The molecule has 0 aromatic rings. The van der Waals surface area contributed by atoms with E-state index in [1.165, 1.54) is 0 Å². The van der Waals surface area contributed by atoms with E-state index < -0.39 is 5.60 Å². The predicted molar refractivity (Wildman–Crippen MR) is 75.1 cm³/mol. The summed E-state index contributed by atoms with van der Waals surface area (Å²) in [6.07, 6.45) is 4.61. The molecule has 0 aromatic carbocycles. The van der Waals surface area contributed by atoms with Gasteiger partial charge in [-0.2, -0.15) is 0 Å². The zero-order valence-corrected chi connectivity index (χ0v) is 12.7. The molecule has 0 radical (unpaired) electrons. The van der Waals surface area contributed by atoms with E-state index in [-0.39, 0.29) is 11.9 Å². The van der Waals surface area contributed by atoms with Crippen LogP contribution in [0.2, 0.25) is 0 Å². The Morgan fingerprint density at radius 3 is 2.26 bits per heavy atom. The van der Waals surface area contributed by atoms with Crippen molar-refractivity contribution < 1.29 is 14.3 Å². The van der Waals surface area contributed by atoms with Crippen molar-refractivity contribution in [2.24, 2.45) is 5.92 Å². The molecule has 1 amide bonds. The summed E-state index contributed by atoms with van der Waals surface area (Å²) in [4.78, 5) is 24.6. The molecule has 0 aliphatic carbocycles. The van der Waals surface area contributed by atoms with Crippen LogP contribution in [0.15, 0.2) is 0 Å². The summed E-state index contributed by atoms with van der Waals surface area (Å²) in [5.74, 6) is 0.921. The lowest BCUT2D eigenvalue weighted by Gasteiger charge is -2.33. The molecule has 0 saturated carbocycles. The number of amides is 1. The van der Waals surface area contributed by atoms with Gasteiger partial charge in [0.1, 0.15) is 11.4 Å². The summed E-state index contributed by atoms with van der Waals surface area (Å²) in [7, 11) is 0. The number of ether oxygens (including phenoxy) is 1. The Morgan fingerprint density at radius 2 is 1.79 bits per heavy atom. The molecule has 1 heterocycles. The van der Waals surface area contributed by atoms with Gasteiger partial charge in [0.2, 0.25) is 0 Å². The van der Waals surface area contributed by atoms with Crippen molar-refractivity contribution in [2.75, 3.05) is 13.1 Å². The number of nitrogens with zero attached hydrogens (tertiary/aromatic N) is 1. The summed E-state index contributed by atoms with van der Waals surface area (Å²) >= 11 is 0. The molecule has 0 bridgehead atoms. The van der Waals surface area contributed by atoms with Gasteiger partial charge in [0, 0.05) is 19.5 Å². The number of hydrogen-bond donors (Lipinski definition) is 0. The Morgan fingerprint density at radius 1 is 1.21 bits per heavy atom. The maximum absolute atomic E-state index is 11.9. The van der Waals surface area contributed by atoms with Crippen LogP contribution in [0.3, 0.4) is 0 Å². The van der Waals surface area contributed by atoms with Gasteiger partial charge in [-0.05, 0) is 59.3 Å². The lowest BCUT2D eigenvalue weighted by molar-refractivity contribution is -0.117. The Bertz CT molecular complexity index is 312. The maximum atomic E-state index is 11.9. The third-order valence-electron chi connectivity index (χ3n) is 3.41. The van der Waals surface area contributed by atoms with Gasteiger partial charge in [-0.3, -0.25) is 0 Å². The third kappa shape index (κ3) is 6.60. The second-order valence-electron chi connectivity index (χ2n) is 6.51. The largest absolute Gasteiger partial charge is 0.444 e. The maximum Gasteiger partial charge on any atom is 0.410 e. The molecule has 1 aliphatic heterocycles. The van der Waals surface area contributed by atoms with E-state index in [0.29, 0.717) is 12.3 Å². The van der Waals surface area contributed by atoms with Gasteiger partial charge in [-0.15, -0.1) is 0 Å². The number of piperidine rings is 1. The molecule has 0 aromatic heterocycles. The van der Waals surface area contributed by atoms with E-state index in [0.717, 1.165) is 38.8 Å². The monoisotopic (exact) mass is 269 g/mol. The highest BCUT2D eigenvalue weighted by atomic mass is 16.6. The topological polar surface area (TPSA) is 46.6 Å². The zero-order chi connectivity index (χ0) is 14.5. The second kappa shape index (κ2) is 6.92. The van der Waals surface area contributed by atoms with Crippen LogP contribution >= 0.6 is 0 Å². The van der Waals surface area contributed by atoms with E-state index in [1.807, 2.05) is 20.8 Å². The van der Waals surface area contributed by atoms with E-state index in [9.17, 15) is 9.59 Å². The fourth-order valence-corrected chi connectivity index (χ4v) is 2.37. The van der Waals surface area contributed by atoms with E-state index in [1.54, 1.807) is 11.8 Å². The number of rotatable bonds is 4. The minimum atomic E-state index is -0.421. The van der Waals surface area contributed by atoms with Crippen LogP contribution in [-0.2, 0) is 9.53 Å². The molecule has 1 rings (SSSR count). The van der Waals surface area contributed by atoms with Crippen LogP contribution in [0, 0.1) is 5.92 Å². The highest BCUT2D eigenvalue weighted by molar-refractivity contribution is 5.75. The van der Waals surface area contributed by atoms with Crippen LogP contribution in [0.5, 0.6) is 0 Å². The summed E-state index contributed by atoms with van der Waals surface area (Å²) in [5, 5.41) is 0. The third-order valence-corrected chi connectivity index (χ3v) is 3.41. The average molecular weight is 269 g/mol. The highest BCUT2D eigenvalue weighted by Gasteiger charge is 2.26. The van der Waals surface area contributed by atoms with E-state index >= 15 is 0 Å². The molecular weight excluding hydrogens is 242 g/mol. The summed E-state index contributed by atoms with van der Waals surface area (Å²) in [6, 6.07) is 0. The number of ketones is 1. The Kier molecular flexibility index (Phi) is 5.83. The first-order valence-corrected chi connectivity index (χ1v) is 7.25. The molecule has 4 nitrogen and oxygen atoms in total. The molecule has 1 fully saturated rings. The average Bonchev–Trinajstić information content (AvgIpc) is 2.27. The molecule has 0 spiro atoms. The van der Waals surface area contributed by atoms with Gasteiger partial charge in [0.05, 0.1) is 0 Å². The van der Waals surface area contributed by atoms with Gasteiger partial charge >= 0.3 is 6.09 Å². The van der Waals surface area contributed by atoms with Gasteiger partial charge in [0.25, 0.3) is 0 Å². The summed E-state index contributed by atoms with van der Waals surface area (Å²) in [5.41, 5.74) is -0.421. The fraction of sp³-hybridized carbons (Fsp3) is 0.867. The van der Waals surface area contributed by atoms with Crippen LogP contribution in [0.4, 0.5) is 4.79 Å². The van der Waals surface area contributed by atoms with E-state index in [4.69, 9.17) is 4.74 Å². The van der Waals surface area contributed by atoms with Crippen molar-refractivity contribution in [3.8, 4) is 0 Å². The van der Waals surface area contributed by atoms with Crippen molar-refractivity contribution in [2.45, 2.75) is 65.4 Å². The molecule has 0 N–H and O–H groups in total. The Hall–Kier alpha value is -1.06. The first-order chi connectivity index (χ1) is 8.78. The first kappa shape index (κ1) is 16.0. The SMILES string of the molecule is CC(=O)CCCC1CCN(C(=O)OC(C)(C)C)CC1. The lowest BCUT2D eigenvalue weighted by atomic mass is 9.91. The lowest BCUT2D eigenvalue weighted by Crippen LogP contribution is -2.41. The highest BCUT2D eigenvalue weighted by Crippen LogP contribution is 2.23. The molecule has 1 saturated heterocycles. The van der Waals surface area contributed by atoms with Crippen molar-refractivity contribution in [3.63, 3.8) is 0 Å². The molecule has 19 heavy (non-hydrogen) atoms. The quantitative estimate of drug-likeness (QED) is 0.786. The number of carbonyl (C=O) groups is 2. The summed E-state index contributed by atoms with van der Waals surface area (Å²) < 4.78 is 5.37. The molecular formula is C15H27NO3. The number of carbonyl (C=O) groups excluding carboxylic acids is 2. The molecule has 1 aliphatic rings. The molecule has 0 atom stereocenters. The Labute approximate surface area is 116 Å². The molecule has 0 unspecified atom stereocenters. The van der Waals surface area contributed by atoms with Crippen LogP contribution in [-0.4, -0.2) is 35.5 Å². The minimum Gasteiger partial charge on any atom is -0.444 e. The van der Waals surface area contributed by atoms with Crippen molar-refractivity contribution >= 4 is 11.9 Å². The van der Waals surface area contributed by atoms with Gasteiger partial charge in [0.15, 0.2) is 0 Å². The number of hydrogen-bond acceptors (Lipinski definition) is 3. The standard InChI is InChI=1S/C15H27NO3/c1-12(17)6-5-7-13-8-10-16(11-9-13)14(18)19-15(2,3)4/h13H,5-11H2,1-4H3. The predicted octanol–water partition coefficient (Wildman–Crippen LogP) is 3.39. The summed E-state index contributed by atoms with van der Waals surface area (Å²) in [6.45, 7) is 8.86. The molecule has 110 valence electrons. The van der Waals surface area contributed by atoms with Gasteiger partial charge < -0.3 is 14.4 Å². The van der Waals surface area contributed by atoms with Crippen molar-refractivity contribution in [1.29, 1.82) is 0 Å². The van der Waals surface area contributed by atoms with Crippen LogP contribution in [0.25, 0.3) is 0 Å². The second-order valence-corrected chi connectivity index (χ2v) is 6.51. The van der Waals surface area contributed by atoms with Crippen LogP contribution < -0.4 is 0 Å². The van der Waals surface area contributed by atoms with Gasteiger partial charge in [-0.1, -0.05) is 0 Å². The minimum absolute atomic E-state index is 0.199. The Balaban J connectivity index is 2.25. The van der Waals surface area contributed by atoms with Crippen molar-refractivity contribution in [1.82, 2.24) is 4.90 Å². The number of Topliss-reactive ketones (excluding diaryl/α,β-unsaturated/α-hetero) is 1.